The Morgan fingerprint density at radius 3 is 2.56 bits per heavy atom. The average molecular weight is 249 g/mol. The average Bonchev–Trinajstić information content (AvgIpc) is 2.38. The summed E-state index contributed by atoms with van der Waals surface area (Å²) >= 11 is 0. The van der Waals surface area contributed by atoms with Crippen LogP contribution in [0.3, 0.4) is 0 Å². The highest BCUT2D eigenvalue weighted by Gasteiger charge is 2.18. The van der Waals surface area contributed by atoms with Gasteiger partial charge in [-0.15, -0.1) is 10.2 Å². The van der Waals surface area contributed by atoms with Crippen molar-refractivity contribution in [3.63, 3.8) is 0 Å². The third kappa shape index (κ3) is 3.40. The lowest BCUT2D eigenvalue weighted by atomic mass is 9.86. The van der Waals surface area contributed by atoms with Crippen LogP contribution in [-0.4, -0.2) is 28.7 Å². The molecule has 98 valence electrons. The monoisotopic (exact) mass is 249 g/mol. The Morgan fingerprint density at radius 1 is 1.28 bits per heavy atom. The van der Waals surface area contributed by atoms with Crippen LogP contribution in [-0.2, 0) is 0 Å². The van der Waals surface area contributed by atoms with Crippen LogP contribution >= 0.6 is 0 Å². The summed E-state index contributed by atoms with van der Waals surface area (Å²) in [6.07, 6.45) is 4.50. The summed E-state index contributed by atoms with van der Waals surface area (Å²) in [4.78, 5) is 10.8. The van der Waals surface area contributed by atoms with Gasteiger partial charge in [-0.05, 0) is 43.7 Å². The summed E-state index contributed by atoms with van der Waals surface area (Å²) < 4.78 is 0. The number of nitrogens with two attached hydrogens (primary N) is 2. The molecule has 0 atom stereocenters. The van der Waals surface area contributed by atoms with Crippen molar-refractivity contribution in [2.45, 2.75) is 31.7 Å². The molecule has 1 saturated carbocycles. The lowest BCUT2D eigenvalue weighted by molar-refractivity contribution is 0.0994. The number of carbonyl (C=O) groups excluding carboxylic acids is 1. The Labute approximate surface area is 106 Å². The molecule has 1 amide bonds. The first-order valence-corrected chi connectivity index (χ1v) is 6.28. The van der Waals surface area contributed by atoms with E-state index in [9.17, 15) is 4.79 Å². The van der Waals surface area contributed by atoms with Crippen molar-refractivity contribution in [1.29, 1.82) is 0 Å². The number of amides is 1. The predicted molar refractivity (Wildman–Crippen MR) is 69.0 cm³/mol. The summed E-state index contributed by atoms with van der Waals surface area (Å²) in [6, 6.07) is 3.67. The number of anilines is 1. The van der Waals surface area contributed by atoms with Crippen LogP contribution in [0.4, 0.5) is 5.82 Å². The molecule has 1 fully saturated rings. The standard InChI is InChI=1S/C12H19N5O/c13-9-3-1-8(2-4-9)7-15-11-6-5-10(12(14)18)16-17-11/h5-6,8-9H,1-4,7,13H2,(H2,14,18)(H,15,17). The quantitative estimate of drug-likeness (QED) is 0.720. The number of nitrogens with one attached hydrogen (secondary N) is 1. The molecule has 0 aliphatic heterocycles. The van der Waals surface area contributed by atoms with E-state index in [2.05, 4.69) is 15.5 Å². The second-order valence-corrected chi connectivity index (χ2v) is 4.83. The highest BCUT2D eigenvalue weighted by Crippen LogP contribution is 2.23. The van der Waals surface area contributed by atoms with Crippen molar-refractivity contribution >= 4 is 11.7 Å². The maximum Gasteiger partial charge on any atom is 0.269 e. The summed E-state index contributed by atoms with van der Waals surface area (Å²) in [6.45, 7) is 0.872. The normalized spacial score (nSPS) is 23.6. The second-order valence-electron chi connectivity index (χ2n) is 4.83. The van der Waals surface area contributed by atoms with Crippen LogP contribution in [0.15, 0.2) is 12.1 Å². The summed E-state index contributed by atoms with van der Waals surface area (Å²) in [5, 5.41) is 10.9. The first-order chi connectivity index (χ1) is 8.65. The summed E-state index contributed by atoms with van der Waals surface area (Å²) in [5.41, 5.74) is 11.1. The molecule has 6 nitrogen and oxygen atoms in total. The maximum atomic E-state index is 10.8. The molecule has 0 aromatic carbocycles. The number of primary amides is 1. The Morgan fingerprint density at radius 2 is 2.00 bits per heavy atom. The second kappa shape index (κ2) is 5.77. The van der Waals surface area contributed by atoms with Gasteiger partial charge in [-0.2, -0.15) is 0 Å². The molecule has 0 saturated heterocycles. The van der Waals surface area contributed by atoms with Gasteiger partial charge in [-0.25, -0.2) is 0 Å². The fourth-order valence-electron chi connectivity index (χ4n) is 2.20. The number of aromatic nitrogens is 2. The summed E-state index contributed by atoms with van der Waals surface area (Å²) in [7, 11) is 0. The van der Waals surface area contributed by atoms with Gasteiger partial charge in [0.05, 0.1) is 0 Å². The minimum Gasteiger partial charge on any atom is -0.368 e. The van der Waals surface area contributed by atoms with E-state index in [1.165, 1.54) is 0 Å². The van der Waals surface area contributed by atoms with E-state index in [-0.39, 0.29) is 5.69 Å². The lowest BCUT2D eigenvalue weighted by Crippen LogP contribution is -2.29. The maximum absolute atomic E-state index is 10.8. The van der Waals surface area contributed by atoms with E-state index in [0.717, 1.165) is 32.2 Å². The van der Waals surface area contributed by atoms with Crippen molar-refractivity contribution in [1.82, 2.24) is 10.2 Å². The Kier molecular flexibility index (Phi) is 4.09. The van der Waals surface area contributed by atoms with Crippen molar-refractivity contribution in [3.8, 4) is 0 Å². The molecule has 6 heteroatoms. The summed E-state index contributed by atoms with van der Waals surface area (Å²) in [5.74, 6) is 0.757. The van der Waals surface area contributed by atoms with E-state index in [0.29, 0.717) is 17.8 Å². The number of rotatable bonds is 4. The third-order valence-electron chi connectivity index (χ3n) is 3.38. The topological polar surface area (TPSA) is 107 Å². The van der Waals surface area contributed by atoms with Gasteiger partial charge in [0.25, 0.3) is 5.91 Å². The van der Waals surface area contributed by atoms with E-state index in [4.69, 9.17) is 11.5 Å². The third-order valence-corrected chi connectivity index (χ3v) is 3.38. The fourth-order valence-corrected chi connectivity index (χ4v) is 2.20. The number of nitrogens with zero attached hydrogens (tertiary/aromatic N) is 2. The van der Waals surface area contributed by atoms with Gasteiger partial charge in [-0.3, -0.25) is 4.79 Å². The zero-order valence-corrected chi connectivity index (χ0v) is 10.3. The van der Waals surface area contributed by atoms with Gasteiger partial charge in [0, 0.05) is 12.6 Å². The lowest BCUT2D eigenvalue weighted by Gasteiger charge is -2.26. The molecule has 5 N–H and O–H groups in total. The smallest absolute Gasteiger partial charge is 0.269 e. The van der Waals surface area contributed by atoms with Gasteiger partial charge in [0.1, 0.15) is 5.82 Å². The SMILES string of the molecule is NC(=O)c1ccc(NCC2CCC(N)CC2)nn1. The fraction of sp³-hybridized carbons (Fsp3) is 0.583. The zero-order chi connectivity index (χ0) is 13.0. The van der Waals surface area contributed by atoms with Crippen LogP contribution in [0.25, 0.3) is 0 Å². The van der Waals surface area contributed by atoms with Crippen molar-refractivity contribution < 1.29 is 4.79 Å². The van der Waals surface area contributed by atoms with E-state index >= 15 is 0 Å². The molecule has 0 bridgehead atoms. The highest BCUT2D eigenvalue weighted by atomic mass is 16.1. The molecule has 0 radical (unpaired) electrons. The minimum absolute atomic E-state index is 0.184. The van der Waals surface area contributed by atoms with E-state index < -0.39 is 5.91 Å². The van der Waals surface area contributed by atoms with Gasteiger partial charge < -0.3 is 16.8 Å². The van der Waals surface area contributed by atoms with Crippen molar-refractivity contribution in [3.05, 3.63) is 17.8 Å². The molecule has 0 unspecified atom stereocenters. The van der Waals surface area contributed by atoms with Crippen molar-refractivity contribution in [2.75, 3.05) is 11.9 Å². The Hall–Kier alpha value is -1.69. The number of hydrogen-bond acceptors (Lipinski definition) is 5. The van der Waals surface area contributed by atoms with Crippen LogP contribution in [0.1, 0.15) is 36.2 Å². The van der Waals surface area contributed by atoms with Gasteiger partial charge >= 0.3 is 0 Å². The van der Waals surface area contributed by atoms with Crippen LogP contribution in [0.5, 0.6) is 0 Å². The Balaban J connectivity index is 1.81. The molecule has 1 aromatic rings. The van der Waals surface area contributed by atoms with Crippen LogP contribution < -0.4 is 16.8 Å². The van der Waals surface area contributed by atoms with E-state index in [1.807, 2.05) is 0 Å². The predicted octanol–water partition coefficient (Wildman–Crippen LogP) is 0.505. The zero-order valence-electron chi connectivity index (χ0n) is 10.3. The number of hydrogen-bond donors (Lipinski definition) is 3. The molecule has 2 rings (SSSR count). The highest BCUT2D eigenvalue weighted by molar-refractivity contribution is 5.90. The molecule has 1 aliphatic rings. The largest absolute Gasteiger partial charge is 0.368 e. The van der Waals surface area contributed by atoms with Gasteiger partial charge in [-0.1, -0.05) is 0 Å². The molecule has 1 heterocycles. The first-order valence-electron chi connectivity index (χ1n) is 6.28. The molecule has 1 aliphatic carbocycles. The molecular formula is C12H19N5O. The van der Waals surface area contributed by atoms with Gasteiger partial charge in [0.15, 0.2) is 5.69 Å². The minimum atomic E-state index is -0.560. The molecule has 18 heavy (non-hydrogen) atoms. The number of carbonyl (C=O) groups is 1. The van der Waals surface area contributed by atoms with Crippen LogP contribution in [0.2, 0.25) is 0 Å². The van der Waals surface area contributed by atoms with Crippen molar-refractivity contribution in [2.24, 2.45) is 17.4 Å². The molecular weight excluding hydrogens is 230 g/mol. The molecule has 1 aromatic heterocycles. The first kappa shape index (κ1) is 12.8. The Bertz CT molecular complexity index is 397. The van der Waals surface area contributed by atoms with Gasteiger partial charge in [0.2, 0.25) is 0 Å². The molecule has 0 spiro atoms. The van der Waals surface area contributed by atoms with E-state index in [1.54, 1.807) is 12.1 Å². The van der Waals surface area contributed by atoms with Crippen LogP contribution in [0, 0.1) is 5.92 Å².